The first kappa shape index (κ1) is 26.6. The van der Waals surface area contributed by atoms with Gasteiger partial charge in [-0.1, -0.05) is 18.2 Å². The summed E-state index contributed by atoms with van der Waals surface area (Å²) in [6.45, 7) is 8.40. The third-order valence-electron chi connectivity index (χ3n) is 7.18. The molecule has 1 amide bonds. The molecular formula is C31H33N5O2S. The number of aryl methyl sites for hydroxylation is 3. The zero-order valence-corrected chi connectivity index (χ0v) is 23.7. The van der Waals surface area contributed by atoms with E-state index in [2.05, 4.69) is 77.3 Å². The number of methoxy groups -OCH3 is 1. The quantitative estimate of drug-likeness (QED) is 0.286. The molecule has 4 aromatic rings. The van der Waals surface area contributed by atoms with Crippen LogP contribution in [0.3, 0.4) is 0 Å². The third kappa shape index (κ3) is 5.17. The second kappa shape index (κ2) is 11.0. The lowest BCUT2D eigenvalue weighted by atomic mass is 9.96. The smallest absolute Gasteiger partial charge is 0.250 e. The molecule has 8 heteroatoms. The van der Waals surface area contributed by atoms with Crippen molar-refractivity contribution in [3.05, 3.63) is 107 Å². The number of amides is 1. The van der Waals surface area contributed by atoms with Gasteiger partial charge in [-0.2, -0.15) is 0 Å². The van der Waals surface area contributed by atoms with Gasteiger partial charge in [-0.3, -0.25) is 9.78 Å². The Morgan fingerprint density at radius 3 is 2.54 bits per heavy atom. The Labute approximate surface area is 234 Å². The van der Waals surface area contributed by atoms with Crippen LogP contribution in [0.2, 0.25) is 0 Å². The van der Waals surface area contributed by atoms with Gasteiger partial charge in [0.25, 0.3) is 0 Å². The molecule has 0 unspecified atom stereocenters. The molecule has 2 atom stereocenters. The van der Waals surface area contributed by atoms with E-state index in [1.807, 2.05) is 43.5 Å². The Kier molecular flexibility index (Phi) is 7.50. The van der Waals surface area contributed by atoms with Gasteiger partial charge in [0.15, 0.2) is 5.11 Å². The first-order valence-corrected chi connectivity index (χ1v) is 13.3. The largest absolute Gasteiger partial charge is 0.375 e. The molecule has 2 N–H and O–H groups in total. The van der Waals surface area contributed by atoms with E-state index < -0.39 is 0 Å². The van der Waals surface area contributed by atoms with Gasteiger partial charge in [-0.15, -0.1) is 0 Å². The van der Waals surface area contributed by atoms with Crippen LogP contribution in [0.5, 0.6) is 0 Å². The summed E-state index contributed by atoms with van der Waals surface area (Å²) in [5, 5.41) is 7.10. The normalized spacial score (nSPS) is 16.8. The number of nitrogens with one attached hydrogen (secondary N) is 2. The summed E-state index contributed by atoms with van der Waals surface area (Å²) in [5.74, 6) is -0.191. The number of nitrogens with zero attached hydrogens (tertiary/aromatic N) is 3. The summed E-state index contributed by atoms with van der Waals surface area (Å²) in [5.41, 5.74) is 9.38. The number of hydrogen-bond donors (Lipinski definition) is 2. The minimum absolute atomic E-state index is 0.00566. The maximum Gasteiger partial charge on any atom is 0.250 e. The van der Waals surface area contributed by atoms with Crippen molar-refractivity contribution in [1.29, 1.82) is 0 Å². The topological polar surface area (TPSA) is 71.4 Å². The molecule has 1 aliphatic rings. The van der Waals surface area contributed by atoms with E-state index in [-0.39, 0.29) is 24.6 Å². The van der Waals surface area contributed by atoms with E-state index in [4.69, 9.17) is 21.9 Å². The molecule has 0 aliphatic carbocycles. The highest BCUT2D eigenvalue weighted by Crippen LogP contribution is 2.44. The highest BCUT2D eigenvalue weighted by atomic mass is 32.1. The van der Waals surface area contributed by atoms with Crippen molar-refractivity contribution in [3.8, 4) is 5.69 Å². The number of benzene rings is 2. The Hall–Kier alpha value is -4.01. The molecule has 0 spiro atoms. The number of carbonyl (C=O) groups excluding carboxylic acids is 1. The zero-order chi connectivity index (χ0) is 27.7. The first-order valence-electron chi connectivity index (χ1n) is 12.9. The van der Waals surface area contributed by atoms with Crippen molar-refractivity contribution in [1.82, 2.24) is 14.9 Å². The maximum atomic E-state index is 12.1. The second-order valence-electron chi connectivity index (χ2n) is 9.98. The van der Waals surface area contributed by atoms with Gasteiger partial charge in [0.1, 0.15) is 6.61 Å². The number of hydrogen-bond acceptors (Lipinski definition) is 4. The van der Waals surface area contributed by atoms with Crippen molar-refractivity contribution < 1.29 is 9.53 Å². The van der Waals surface area contributed by atoms with Gasteiger partial charge in [0, 0.05) is 41.8 Å². The number of anilines is 2. The average molecular weight is 540 g/mol. The molecule has 1 aliphatic heterocycles. The minimum Gasteiger partial charge on any atom is -0.375 e. The van der Waals surface area contributed by atoms with Gasteiger partial charge in [-0.05, 0) is 105 Å². The molecule has 39 heavy (non-hydrogen) atoms. The lowest BCUT2D eigenvalue weighted by molar-refractivity contribution is -0.119. The van der Waals surface area contributed by atoms with Crippen LogP contribution in [0.1, 0.15) is 45.9 Å². The molecular weight excluding hydrogens is 506 g/mol. The van der Waals surface area contributed by atoms with Crippen LogP contribution >= 0.6 is 12.2 Å². The predicted octanol–water partition coefficient (Wildman–Crippen LogP) is 5.87. The van der Waals surface area contributed by atoms with E-state index in [9.17, 15) is 4.79 Å². The van der Waals surface area contributed by atoms with E-state index >= 15 is 0 Å². The average Bonchev–Trinajstić information content (AvgIpc) is 3.40. The van der Waals surface area contributed by atoms with Crippen LogP contribution in [0.25, 0.3) is 5.69 Å². The lowest BCUT2D eigenvalue weighted by Gasteiger charge is -2.29. The third-order valence-corrected chi connectivity index (χ3v) is 7.50. The molecule has 0 saturated carbocycles. The molecule has 200 valence electrons. The maximum absolute atomic E-state index is 12.1. The molecule has 5 rings (SSSR count). The highest BCUT2D eigenvalue weighted by molar-refractivity contribution is 7.80. The van der Waals surface area contributed by atoms with Crippen LogP contribution in [0, 0.1) is 27.7 Å². The summed E-state index contributed by atoms with van der Waals surface area (Å²) in [4.78, 5) is 19.0. The Balaban J connectivity index is 1.61. The van der Waals surface area contributed by atoms with Gasteiger partial charge in [-0.25, -0.2) is 0 Å². The summed E-state index contributed by atoms with van der Waals surface area (Å²) in [6, 6.07) is 22.5. The van der Waals surface area contributed by atoms with Crippen LogP contribution in [0.4, 0.5) is 11.4 Å². The van der Waals surface area contributed by atoms with E-state index in [0.717, 1.165) is 39.7 Å². The van der Waals surface area contributed by atoms with Gasteiger partial charge in [0.05, 0.1) is 17.8 Å². The monoisotopic (exact) mass is 539 g/mol. The fourth-order valence-corrected chi connectivity index (χ4v) is 5.80. The SMILES string of the molecule is COCC(=O)Nc1ccc(N2C(=S)N[C@H](c3ccccn3)[C@H]2c2cc(C)n(-c3cccc(C)c3)c2C)cc1C. The highest BCUT2D eigenvalue weighted by Gasteiger charge is 2.42. The molecule has 3 heterocycles. The number of thiocarbonyl (C=S) groups is 1. The molecule has 2 aromatic carbocycles. The Bertz CT molecular complexity index is 1530. The summed E-state index contributed by atoms with van der Waals surface area (Å²) in [7, 11) is 1.50. The fraction of sp³-hybridized carbons (Fsp3) is 0.258. The van der Waals surface area contributed by atoms with Crippen molar-refractivity contribution in [3.63, 3.8) is 0 Å². The Morgan fingerprint density at radius 1 is 1.03 bits per heavy atom. The standard InChI is InChI=1S/C31H33N5O2S/c1-19-9-8-10-23(15-19)35-21(3)17-25(22(35)4)30-29(27-11-6-7-14-32-27)34-31(39)36(30)24-12-13-26(20(2)16-24)33-28(37)18-38-5/h6-17,29-30H,18H2,1-5H3,(H,33,37)(H,34,39)/t29-,30-/m1/s1. The van der Waals surface area contributed by atoms with Gasteiger partial charge in [0.2, 0.25) is 5.91 Å². The van der Waals surface area contributed by atoms with Crippen molar-refractivity contribution >= 4 is 34.6 Å². The molecule has 0 bridgehead atoms. The number of carbonyl (C=O) groups is 1. The lowest BCUT2D eigenvalue weighted by Crippen LogP contribution is -2.29. The van der Waals surface area contributed by atoms with Crippen LogP contribution in [-0.4, -0.2) is 34.3 Å². The Morgan fingerprint density at radius 2 is 1.85 bits per heavy atom. The molecule has 1 fully saturated rings. The summed E-state index contributed by atoms with van der Waals surface area (Å²) >= 11 is 5.94. The molecule has 7 nitrogen and oxygen atoms in total. The summed E-state index contributed by atoms with van der Waals surface area (Å²) < 4.78 is 7.26. The predicted molar refractivity (Wildman–Crippen MR) is 160 cm³/mol. The van der Waals surface area contributed by atoms with Crippen LogP contribution in [-0.2, 0) is 9.53 Å². The molecule has 1 saturated heterocycles. The van der Waals surface area contributed by atoms with Crippen LogP contribution < -0.4 is 15.5 Å². The van der Waals surface area contributed by atoms with Gasteiger partial charge >= 0.3 is 0 Å². The van der Waals surface area contributed by atoms with Crippen molar-refractivity contribution in [2.24, 2.45) is 0 Å². The van der Waals surface area contributed by atoms with Crippen molar-refractivity contribution in [2.45, 2.75) is 39.8 Å². The number of ether oxygens (including phenoxy) is 1. The first-order chi connectivity index (χ1) is 18.8. The zero-order valence-electron chi connectivity index (χ0n) is 22.9. The van der Waals surface area contributed by atoms with Crippen LogP contribution in [0.15, 0.2) is 72.9 Å². The summed E-state index contributed by atoms with van der Waals surface area (Å²) in [6.07, 6.45) is 1.82. The van der Waals surface area contributed by atoms with Crippen molar-refractivity contribution in [2.75, 3.05) is 23.9 Å². The fourth-order valence-electron chi connectivity index (χ4n) is 5.46. The van der Waals surface area contributed by atoms with E-state index in [0.29, 0.717) is 5.11 Å². The molecule has 0 radical (unpaired) electrons. The van der Waals surface area contributed by atoms with Gasteiger partial charge < -0.3 is 24.8 Å². The molecule has 2 aromatic heterocycles. The second-order valence-corrected chi connectivity index (χ2v) is 10.4. The minimum atomic E-state index is -0.191. The number of aromatic nitrogens is 2. The van der Waals surface area contributed by atoms with E-state index in [1.165, 1.54) is 18.2 Å². The van der Waals surface area contributed by atoms with E-state index in [1.54, 1.807) is 0 Å². The number of rotatable bonds is 7. The number of pyridine rings is 1.